The molecule has 0 aliphatic rings. The van der Waals surface area contributed by atoms with E-state index in [2.05, 4.69) is 15.5 Å². The first-order valence-corrected chi connectivity index (χ1v) is 9.65. The van der Waals surface area contributed by atoms with Crippen LogP contribution in [0.1, 0.15) is 36.6 Å². The van der Waals surface area contributed by atoms with Crippen LogP contribution in [0.5, 0.6) is 0 Å². The van der Waals surface area contributed by atoms with E-state index in [0.717, 1.165) is 17.0 Å². The maximum Gasteiger partial charge on any atom is 0.287 e. The SMILES string of the molecule is CCC(C)NC(=O)c1ccc(CSc2ccc(-c3ccc(F)cc3)nn2)o1. The van der Waals surface area contributed by atoms with Gasteiger partial charge in [-0.05, 0) is 61.9 Å². The summed E-state index contributed by atoms with van der Waals surface area (Å²) in [6.07, 6.45) is 0.863. The molecule has 0 saturated heterocycles. The van der Waals surface area contributed by atoms with Gasteiger partial charge in [-0.25, -0.2) is 4.39 Å². The fraction of sp³-hybridized carbons (Fsp3) is 0.250. The van der Waals surface area contributed by atoms with Gasteiger partial charge in [-0.2, -0.15) is 0 Å². The van der Waals surface area contributed by atoms with Crippen LogP contribution in [-0.2, 0) is 5.75 Å². The molecule has 0 fully saturated rings. The first kappa shape index (κ1) is 19.1. The van der Waals surface area contributed by atoms with E-state index in [9.17, 15) is 9.18 Å². The van der Waals surface area contributed by atoms with Crippen molar-refractivity contribution < 1.29 is 13.6 Å². The summed E-state index contributed by atoms with van der Waals surface area (Å²) in [5.74, 6) is 1.06. The van der Waals surface area contributed by atoms with Crippen molar-refractivity contribution in [3.63, 3.8) is 0 Å². The second-order valence-corrected chi connectivity index (χ2v) is 7.10. The van der Waals surface area contributed by atoms with Gasteiger partial charge in [0.25, 0.3) is 5.91 Å². The largest absolute Gasteiger partial charge is 0.455 e. The van der Waals surface area contributed by atoms with Crippen molar-refractivity contribution in [1.29, 1.82) is 0 Å². The maximum absolute atomic E-state index is 13.0. The number of carbonyl (C=O) groups is 1. The Morgan fingerprint density at radius 1 is 1.15 bits per heavy atom. The van der Waals surface area contributed by atoms with Crippen LogP contribution in [-0.4, -0.2) is 22.1 Å². The van der Waals surface area contributed by atoms with Crippen molar-refractivity contribution in [2.45, 2.75) is 37.1 Å². The van der Waals surface area contributed by atoms with Crippen molar-refractivity contribution in [2.24, 2.45) is 0 Å². The van der Waals surface area contributed by atoms with E-state index in [1.165, 1.54) is 23.9 Å². The fourth-order valence-electron chi connectivity index (χ4n) is 2.29. The molecule has 27 heavy (non-hydrogen) atoms. The minimum Gasteiger partial charge on any atom is -0.455 e. The van der Waals surface area contributed by atoms with Crippen molar-refractivity contribution in [2.75, 3.05) is 0 Å². The van der Waals surface area contributed by atoms with Crippen LogP contribution in [0.15, 0.2) is 58.0 Å². The quantitative estimate of drug-likeness (QED) is 0.597. The molecule has 0 aliphatic heterocycles. The second-order valence-electron chi connectivity index (χ2n) is 6.10. The molecule has 0 aliphatic carbocycles. The third-order valence-corrected chi connectivity index (χ3v) is 4.96. The lowest BCUT2D eigenvalue weighted by Crippen LogP contribution is -2.31. The minimum absolute atomic E-state index is 0.107. The predicted molar refractivity (Wildman–Crippen MR) is 103 cm³/mol. The molecule has 0 saturated carbocycles. The molecule has 3 aromatic rings. The van der Waals surface area contributed by atoms with Crippen molar-refractivity contribution >= 4 is 17.7 Å². The number of amides is 1. The highest BCUT2D eigenvalue weighted by Gasteiger charge is 2.13. The molecular weight excluding hydrogens is 365 g/mol. The Kier molecular flexibility index (Phi) is 6.24. The average molecular weight is 385 g/mol. The van der Waals surface area contributed by atoms with E-state index in [1.54, 1.807) is 24.3 Å². The molecule has 1 N–H and O–H groups in total. The van der Waals surface area contributed by atoms with Gasteiger partial charge in [-0.15, -0.1) is 10.2 Å². The molecule has 7 heteroatoms. The summed E-state index contributed by atoms with van der Waals surface area (Å²) >= 11 is 1.46. The highest BCUT2D eigenvalue weighted by Crippen LogP contribution is 2.24. The van der Waals surface area contributed by atoms with E-state index in [4.69, 9.17) is 4.42 Å². The lowest BCUT2D eigenvalue weighted by Gasteiger charge is -2.09. The van der Waals surface area contributed by atoms with E-state index < -0.39 is 0 Å². The number of hydrogen-bond acceptors (Lipinski definition) is 5. The van der Waals surface area contributed by atoms with Crippen LogP contribution < -0.4 is 5.32 Å². The summed E-state index contributed by atoms with van der Waals surface area (Å²) in [6.45, 7) is 3.96. The number of nitrogens with zero attached hydrogens (tertiary/aromatic N) is 2. The highest BCUT2D eigenvalue weighted by atomic mass is 32.2. The Balaban J connectivity index is 1.57. The van der Waals surface area contributed by atoms with Gasteiger partial charge in [-0.1, -0.05) is 18.7 Å². The summed E-state index contributed by atoms with van der Waals surface area (Å²) in [6, 6.07) is 13.4. The van der Waals surface area contributed by atoms with Gasteiger partial charge in [0.1, 0.15) is 16.6 Å². The molecule has 0 radical (unpaired) electrons. The summed E-state index contributed by atoms with van der Waals surface area (Å²) in [5.41, 5.74) is 1.49. The number of aromatic nitrogens is 2. The van der Waals surface area contributed by atoms with Gasteiger partial charge in [0.05, 0.1) is 11.4 Å². The minimum atomic E-state index is -0.283. The molecular formula is C20H20FN3O2S. The summed E-state index contributed by atoms with van der Waals surface area (Å²) in [5, 5.41) is 12.0. The molecule has 2 heterocycles. The highest BCUT2D eigenvalue weighted by molar-refractivity contribution is 7.98. The van der Waals surface area contributed by atoms with E-state index in [-0.39, 0.29) is 17.8 Å². The second kappa shape index (κ2) is 8.81. The van der Waals surface area contributed by atoms with E-state index in [1.807, 2.05) is 26.0 Å². The molecule has 1 aromatic carbocycles. The monoisotopic (exact) mass is 385 g/mol. The fourth-order valence-corrected chi connectivity index (χ4v) is 3.00. The zero-order valence-corrected chi connectivity index (χ0v) is 15.9. The van der Waals surface area contributed by atoms with Crippen LogP contribution in [0.4, 0.5) is 4.39 Å². The Labute approximate surface area is 161 Å². The molecule has 0 spiro atoms. The number of halogens is 1. The van der Waals surface area contributed by atoms with Crippen LogP contribution in [0.3, 0.4) is 0 Å². The Hall–Kier alpha value is -2.67. The van der Waals surface area contributed by atoms with Gasteiger partial charge in [0.15, 0.2) is 5.76 Å². The molecule has 5 nitrogen and oxygen atoms in total. The van der Waals surface area contributed by atoms with Crippen molar-refractivity contribution in [1.82, 2.24) is 15.5 Å². The summed E-state index contributed by atoms with van der Waals surface area (Å²) in [4.78, 5) is 12.0. The van der Waals surface area contributed by atoms with Crippen LogP contribution >= 0.6 is 11.8 Å². The topological polar surface area (TPSA) is 68.0 Å². The number of hydrogen-bond donors (Lipinski definition) is 1. The van der Waals surface area contributed by atoms with Gasteiger partial charge >= 0.3 is 0 Å². The third-order valence-electron chi connectivity index (χ3n) is 4.02. The van der Waals surface area contributed by atoms with Crippen molar-refractivity contribution in [3.05, 3.63) is 65.9 Å². The normalized spacial score (nSPS) is 12.0. The van der Waals surface area contributed by atoms with Gasteiger partial charge in [0.2, 0.25) is 0 Å². The van der Waals surface area contributed by atoms with Crippen molar-refractivity contribution in [3.8, 4) is 11.3 Å². The van der Waals surface area contributed by atoms with E-state index in [0.29, 0.717) is 23.0 Å². The van der Waals surface area contributed by atoms with Gasteiger partial charge < -0.3 is 9.73 Å². The standard InChI is InChI=1S/C20H20FN3O2S/c1-3-13(2)22-20(25)18-10-8-16(26-18)12-27-19-11-9-17(23-24-19)14-4-6-15(21)7-5-14/h4-11,13H,3,12H2,1-2H3,(H,22,25). The Bertz CT molecular complexity index is 894. The number of rotatable bonds is 7. The third kappa shape index (κ3) is 5.17. The summed E-state index contributed by atoms with van der Waals surface area (Å²) in [7, 11) is 0. The smallest absolute Gasteiger partial charge is 0.287 e. The number of benzene rings is 1. The predicted octanol–water partition coefficient (Wildman–Crippen LogP) is 4.70. The lowest BCUT2D eigenvalue weighted by atomic mass is 10.1. The van der Waals surface area contributed by atoms with Crippen LogP contribution in [0.25, 0.3) is 11.3 Å². The molecule has 1 amide bonds. The number of thioether (sulfide) groups is 1. The molecule has 2 aromatic heterocycles. The van der Waals surface area contributed by atoms with Gasteiger partial charge in [0, 0.05) is 11.6 Å². The van der Waals surface area contributed by atoms with Crippen LogP contribution in [0.2, 0.25) is 0 Å². The Morgan fingerprint density at radius 2 is 1.93 bits per heavy atom. The maximum atomic E-state index is 13.0. The number of furan rings is 1. The molecule has 0 bridgehead atoms. The molecule has 140 valence electrons. The molecule has 1 unspecified atom stereocenters. The number of carbonyl (C=O) groups excluding carboxylic acids is 1. The number of nitrogens with one attached hydrogen (secondary N) is 1. The zero-order chi connectivity index (χ0) is 19.2. The average Bonchev–Trinajstić information content (AvgIpc) is 3.16. The summed E-state index contributed by atoms with van der Waals surface area (Å²) < 4.78 is 18.6. The first-order valence-electron chi connectivity index (χ1n) is 8.67. The van der Waals surface area contributed by atoms with Crippen LogP contribution in [0, 0.1) is 5.82 Å². The lowest BCUT2D eigenvalue weighted by molar-refractivity contribution is 0.0910. The van der Waals surface area contributed by atoms with Gasteiger partial charge in [-0.3, -0.25) is 4.79 Å². The zero-order valence-electron chi connectivity index (χ0n) is 15.1. The molecule has 3 rings (SSSR count). The van der Waals surface area contributed by atoms with E-state index >= 15 is 0 Å². The Morgan fingerprint density at radius 3 is 2.59 bits per heavy atom. The first-order chi connectivity index (χ1) is 13.0. The molecule has 1 atom stereocenters.